The summed E-state index contributed by atoms with van der Waals surface area (Å²) in [6, 6.07) is 4.11. The van der Waals surface area contributed by atoms with Crippen LogP contribution in [0.25, 0.3) is 0 Å². The average molecular weight is 587 g/mol. The smallest absolute Gasteiger partial charge is 0.264 e. The summed E-state index contributed by atoms with van der Waals surface area (Å²) in [4.78, 5) is 20.3. The lowest BCUT2D eigenvalue weighted by atomic mass is 9.88. The van der Waals surface area contributed by atoms with E-state index in [0.29, 0.717) is 29.6 Å². The second-order valence-corrected chi connectivity index (χ2v) is 10.7. The van der Waals surface area contributed by atoms with Gasteiger partial charge in [0, 0.05) is 36.0 Å². The van der Waals surface area contributed by atoms with Crippen LogP contribution in [0.5, 0.6) is 0 Å². The van der Waals surface area contributed by atoms with E-state index in [2.05, 4.69) is 65.2 Å². The second kappa shape index (κ2) is 13.4. The fourth-order valence-electron chi connectivity index (χ4n) is 3.60. The normalized spacial score (nSPS) is 24.0. The number of carbonyl (C=O) groups excluding carboxylic acids is 1. The number of carbonyl (C=O) groups is 1. The lowest BCUT2D eigenvalue weighted by Gasteiger charge is -2.30. The summed E-state index contributed by atoms with van der Waals surface area (Å²) >= 11 is 3.71. The van der Waals surface area contributed by atoms with Gasteiger partial charge in [-0.3, -0.25) is 9.52 Å². The molecule has 1 aromatic heterocycles. The molecule has 184 valence electrons. The van der Waals surface area contributed by atoms with Crippen LogP contribution in [0.4, 0.5) is 5.82 Å². The Balaban J connectivity index is 2.44. The number of rotatable bonds is 4. The molecular weight excluding hydrogens is 547 g/mol. The van der Waals surface area contributed by atoms with Crippen LogP contribution in [-0.2, 0) is 5.41 Å². The van der Waals surface area contributed by atoms with Crippen molar-refractivity contribution in [2.45, 2.75) is 58.4 Å². The molecule has 2 rings (SSSR count). The number of pyridine rings is 1. The van der Waals surface area contributed by atoms with Crippen LogP contribution >= 0.6 is 34.5 Å². The van der Waals surface area contributed by atoms with Gasteiger partial charge in [-0.25, -0.2) is 4.98 Å². The molecule has 1 aliphatic rings. The Bertz CT molecular complexity index is 844. The first-order chi connectivity index (χ1) is 15.7. The largest absolute Gasteiger partial charge is 0.386 e. The highest BCUT2D eigenvalue weighted by molar-refractivity contribution is 14.1. The summed E-state index contributed by atoms with van der Waals surface area (Å²) in [5.41, 5.74) is 13.4. The second-order valence-electron chi connectivity index (χ2n) is 9.19. The fraction of sp³-hybridized carbons (Fsp3) is 0.583. The molecule has 1 unspecified atom stereocenters. The van der Waals surface area contributed by atoms with Crippen LogP contribution in [0.1, 0.15) is 63.0 Å². The summed E-state index contributed by atoms with van der Waals surface area (Å²) in [6.07, 6.45) is 8.88. The Morgan fingerprint density at radius 2 is 2.09 bits per heavy atom. The number of nitrogens with two attached hydrogens (primary N) is 2. The van der Waals surface area contributed by atoms with Gasteiger partial charge < -0.3 is 21.7 Å². The highest BCUT2D eigenvalue weighted by Gasteiger charge is 2.26. The van der Waals surface area contributed by atoms with Crippen LogP contribution in [-0.4, -0.2) is 40.3 Å². The van der Waals surface area contributed by atoms with Gasteiger partial charge in [-0.05, 0) is 55.8 Å². The van der Waals surface area contributed by atoms with Gasteiger partial charge in [0.1, 0.15) is 5.82 Å². The minimum atomic E-state index is -0.270. The third kappa shape index (κ3) is 8.36. The summed E-state index contributed by atoms with van der Waals surface area (Å²) in [6.45, 7) is 9.88. The Hall–Kier alpha value is -1.46. The molecule has 1 amide bonds. The molecule has 0 radical (unpaired) electrons. The van der Waals surface area contributed by atoms with E-state index in [-0.39, 0.29) is 17.4 Å². The molecule has 0 spiro atoms. The number of halogens is 1. The summed E-state index contributed by atoms with van der Waals surface area (Å²) in [5, 5.41) is 3.37. The molecule has 0 saturated carbocycles. The Labute approximate surface area is 216 Å². The number of hydrogen-bond donors (Lipinski definition) is 4. The standard InChI is InChI=1S/C24H39IN6OS/c1-5-18-10-9-17(2)28-21(27)8-6-7-13-33-30-23(32)19-11-12-20(24(3,4)15-26)29-22(19)31(14-18)16-25/h6-8,11-12,17-18,28H,5,9-10,13-16,26-27H2,1-4H3,(H,30,32)/b7-6-,21-8+/t17?,18-/m1/s1. The monoisotopic (exact) mass is 586 g/mol. The third-order valence-corrected chi connectivity index (χ3v) is 7.51. The van der Waals surface area contributed by atoms with E-state index in [1.54, 1.807) is 0 Å². The van der Waals surface area contributed by atoms with Crippen molar-refractivity contribution in [3.63, 3.8) is 0 Å². The maximum Gasteiger partial charge on any atom is 0.264 e. The van der Waals surface area contributed by atoms with Crippen molar-refractivity contribution in [1.82, 2.24) is 15.0 Å². The van der Waals surface area contributed by atoms with Gasteiger partial charge in [-0.15, -0.1) is 0 Å². The first-order valence-electron chi connectivity index (χ1n) is 11.5. The van der Waals surface area contributed by atoms with E-state index in [4.69, 9.17) is 16.5 Å². The van der Waals surface area contributed by atoms with Crippen molar-refractivity contribution in [2.24, 2.45) is 17.4 Å². The van der Waals surface area contributed by atoms with Gasteiger partial charge >= 0.3 is 0 Å². The quantitative estimate of drug-likeness (QED) is 0.183. The molecule has 6 N–H and O–H groups in total. The van der Waals surface area contributed by atoms with Crippen molar-refractivity contribution >= 4 is 46.3 Å². The van der Waals surface area contributed by atoms with Crippen molar-refractivity contribution < 1.29 is 4.79 Å². The van der Waals surface area contributed by atoms with E-state index in [1.807, 2.05) is 30.4 Å². The Morgan fingerprint density at radius 1 is 1.33 bits per heavy atom. The molecule has 7 nitrogen and oxygen atoms in total. The molecule has 0 fully saturated rings. The van der Waals surface area contributed by atoms with E-state index in [1.165, 1.54) is 11.9 Å². The number of aromatic nitrogens is 1. The Kier molecular flexibility index (Phi) is 11.3. The number of anilines is 1. The number of amides is 1. The van der Waals surface area contributed by atoms with Crippen LogP contribution < -0.4 is 26.4 Å². The topological polar surface area (TPSA) is 109 Å². The molecule has 33 heavy (non-hydrogen) atoms. The van der Waals surface area contributed by atoms with Crippen molar-refractivity contribution in [3.8, 4) is 0 Å². The van der Waals surface area contributed by atoms with Gasteiger partial charge in [0.2, 0.25) is 0 Å². The van der Waals surface area contributed by atoms with Crippen molar-refractivity contribution in [3.05, 3.63) is 47.4 Å². The SMILES string of the molecule is CC[C@@H]1CCC(C)N/C(N)=C/C=C\CSNC(=O)c2ccc(C(C)(C)CN)nc2N(CI)C1. The lowest BCUT2D eigenvalue weighted by Crippen LogP contribution is -2.35. The molecular formula is C24H39IN6OS. The molecule has 0 aromatic carbocycles. The Morgan fingerprint density at radius 3 is 2.76 bits per heavy atom. The molecule has 1 aliphatic heterocycles. The van der Waals surface area contributed by atoms with Crippen LogP contribution in [0.15, 0.2) is 36.2 Å². The number of fused-ring (bicyclic) bond motifs is 1. The number of nitrogens with one attached hydrogen (secondary N) is 2. The van der Waals surface area contributed by atoms with E-state index in [0.717, 1.165) is 41.9 Å². The number of nitrogens with zero attached hydrogens (tertiary/aromatic N) is 2. The average Bonchev–Trinajstić information content (AvgIpc) is 2.80. The summed E-state index contributed by atoms with van der Waals surface area (Å²) < 4.78 is 3.70. The summed E-state index contributed by atoms with van der Waals surface area (Å²) in [5.74, 6) is 2.37. The van der Waals surface area contributed by atoms with Crippen LogP contribution in [0.3, 0.4) is 0 Å². The van der Waals surface area contributed by atoms with Gasteiger partial charge in [0.25, 0.3) is 5.91 Å². The zero-order valence-corrected chi connectivity index (χ0v) is 23.2. The highest BCUT2D eigenvalue weighted by atomic mass is 127. The third-order valence-electron chi connectivity index (χ3n) is 6.00. The molecule has 9 heteroatoms. The van der Waals surface area contributed by atoms with Crippen molar-refractivity contribution in [1.29, 1.82) is 0 Å². The highest BCUT2D eigenvalue weighted by Crippen LogP contribution is 2.28. The van der Waals surface area contributed by atoms with Crippen LogP contribution in [0, 0.1) is 5.92 Å². The maximum absolute atomic E-state index is 13.1. The van der Waals surface area contributed by atoms with Gasteiger partial charge in [-0.2, -0.15) is 0 Å². The first-order valence-corrected chi connectivity index (χ1v) is 14.1. The molecule has 2 atom stereocenters. The van der Waals surface area contributed by atoms with Crippen LogP contribution in [0.2, 0.25) is 0 Å². The molecule has 2 heterocycles. The van der Waals surface area contributed by atoms with E-state index < -0.39 is 0 Å². The van der Waals surface area contributed by atoms with Gasteiger partial charge in [-0.1, -0.05) is 61.9 Å². The predicted molar refractivity (Wildman–Crippen MR) is 149 cm³/mol. The predicted octanol–water partition coefficient (Wildman–Crippen LogP) is 4.05. The first kappa shape index (κ1) is 27.8. The van der Waals surface area contributed by atoms with E-state index in [9.17, 15) is 4.79 Å². The summed E-state index contributed by atoms with van der Waals surface area (Å²) in [7, 11) is 0. The maximum atomic E-state index is 13.1. The minimum absolute atomic E-state index is 0.134. The number of allylic oxidation sites excluding steroid dienone is 2. The van der Waals surface area contributed by atoms with Gasteiger partial charge in [0.15, 0.2) is 0 Å². The molecule has 0 bridgehead atoms. The molecule has 0 saturated heterocycles. The van der Waals surface area contributed by atoms with Crippen molar-refractivity contribution in [2.75, 3.05) is 28.3 Å². The number of alkyl halides is 1. The minimum Gasteiger partial charge on any atom is -0.386 e. The zero-order chi connectivity index (χ0) is 24.4. The molecule has 0 aliphatic carbocycles. The zero-order valence-electron chi connectivity index (χ0n) is 20.2. The lowest BCUT2D eigenvalue weighted by molar-refractivity contribution is 0.0984. The fourth-order valence-corrected chi connectivity index (χ4v) is 4.74. The van der Waals surface area contributed by atoms with E-state index >= 15 is 0 Å². The number of hydrogen-bond acceptors (Lipinski definition) is 7. The van der Waals surface area contributed by atoms with Gasteiger partial charge in [0.05, 0.1) is 15.9 Å². The molecule has 1 aromatic rings.